The van der Waals surface area contributed by atoms with Gasteiger partial charge in [-0.3, -0.25) is 9.36 Å². The first kappa shape index (κ1) is 19.9. The average Bonchev–Trinajstić information content (AvgIpc) is 3.09. The van der Waals surface area contributed by atoms with Gasteiger partial charge in [0.2, 0.25) is 0 Å². The molecule has 0 N–H and O–H groups in total. The number of carbonyl (C=O) groups excluding carboxylic acids is 1. The van der Waals surface area contributed by atoms with Crippen LogP contribution in [0.1, 0.15) is 34.1 Å². The van der Waals surface area contributed by atoms with E-state index in [2.05, 4.69) is 19.1 Å². The van der Waals surface area contributed by atoms with Gasteiger partial charge >= 0.3 is 0 Å². The van der Waals surface area contributed by atoms with Crippen molar-refractivity contribution < 1.29 is 13.9 Å². The van der Waals surface area contributed by atoms with Crippen LogP contribution in [0, 0.1) is 12.7 Å². The third-order valence-electron chi connectivity index (χ3n) is 5.35. The molecule has 4 rings (SSSR count). The smallest absolute Gasteiger partial charge is 0.262 e. The van der Waals surface area contributed by atoms with Crippen molar-refractivity contribution in [2.45, 2.75) is 26.7 Å². The fraction of sp³-hybridized carbons (Fsp3) is 0.192. The molecule has 0 atom stereocenters. The molecule has 4 aromatic rings. The van der Waals surface area contributed by atoms with Crippen LogP contribution in [0.2, 0.25) is 0 Å². The summed E-state index contributed by atoms with van der Waals surface area (Å²) < 4.78 is 20.8. The first-order valence-electron chi connectivity index (χ1n) is 10.2. The highest BCUT2D eigenvalue weighted by Crippen LogP contribution is 2.25. The van der Waals surface area contributed by atoms with Crippen LogP contribution in [0.3, 0.4) is 0 Å². The van der Waals surface area contributed by atoms with Gasteiger partial charge in [-0.1, -0.05) is 31.2 Å². The van der Waals surface area contributed by atoms with Crippen molar-refractivity contribution in [3.8, 4) is 5.75 Å². The molecule has 1 aromatic heterocycles. The lowest BCUT2D eigenvalue weighted by Crippen LogP contribution is -2.13. The van der Waals surface area contributed by atoms with E-state index in [-0.39, 0.29) is 11.7 Å². The molecule has 30 heavy (non-hydrogen) atoms. The minimum Gasteiger partial charge on any atom is -0.493 e. The average molecular weight is 401 g/mol. The Hall–Kier alpha value is -3.40. The topological polar surface area (TPSA) is 31.2 Å². The summed E-state index contributed by atoms with van der Waals surface area (Å²) in [6, 6.07) is 21.9. The SMILES string of the molecule is CCc1cccc2c1cc(C)n2C(=O)c1ccc(OCCc2cccc(F)c2)cc1. The molecule has 0 aliphatic rings. The van der Waals surface area contributed by atoms with E-state index in [0.717, 1.165) is 28.6 Å². The first-order chi connectivity index (χ1) is 14.6. The molecule has 3 aromatic carbocycles. The van der Waals surface area contributed by atoms with Crippen LogP contribution < -0.4 is 4.74 Å². The number of aromatic nitrogens is 1. The largest absolute Gasteiger partial charge is 0.493 e. The third kappa shape index (κ3) is 3.99. The Morgan fingerprint density at radius 1 is 1.00 bits per heavy atom. The van der Waals surface area contributed by atoms with Gasteiger partial charge in [0, 0.05) is 23.1 Å². The Balaban J connectivity index is 1.48. The Morgan fingerprint density at radius 2 is 1.77 bits per heavy atom. The Labute approximate surface area is 175 Å². The van der Waals surface area contributed by atoms with Gasteiger partial charge in [-0.15, -0.1) is 0 Å². The molecule has 0 radical (unpaired) electrons. The number of halogens is 1. The van der Waals surface area contributed by atoms with Gasteiger partial charge in [0.25, 0.3) is 5.91 Å². The second-order valence-corrected chi connectivity index (χ2v) is 7.38. The molecule has 0 bridgehead atoms. The highest BCUT2D eigenvalue weighted by atomic mass is 19.1. The summed E-state index contributed by atoms with van der Waals surface area (Å²) in [6.45, 7) is 4.52. The van der Waals surface area contributed by atoms with Crippen LogP contribution in [0.25, 0.3) is 10.9 Å². The van der Waals surface area contributed by atoms with Gasteiger partial charge in [0.1, 0.15) is 11.6 Å². The highest BCUT2D eigenvalue weighted by Gasteiger charge is 2.16. The second-order valence-electron chi connectivity index (χ2n) is 7.38. The van der Waals surface area contributed by atoms with E-state index < -0.39 is 0 Å². The fourth-order valence-corrected chi connectivity index (χ4v) is 3.80. The maximum atomic E-state index is 13.2. The number of hydrogen-bond donors (Lipinski definition) is 0. The lowest BCUT2D eigenvalue weighted by atomic mass is 10.1. The maximum absolute atomic E-state index is 13.2. The van der Waals surface area contributed by atoms with Gasteiger partial charge in [0.05, 0.1) is 12.1 Å². The van der Waals surface area contributed by atoms with Gasteiger partial charge in [0.15, 0.2) is 0 Å². The van der Waals surface area contributed by atoms with E-state index >= 15 is 0 Å². The van der Waals surface area contributed by atoms with Gasteiger partial charge in [-0.25, -0.2) is 4.39 Å². The quantitative estimate of drug-likeness (QED) is 0.399. The monoisotopic (exact) mass is 401 g/mol. The van der Waals surface area contributed by atoms with Crippen molar-refractivity contribution in [2.24, 2.45) is 0 Å². The summed E-state index contributed by atoms with van der Waals surface area (Å²) in [5.74, 6) is 0.390. The second kappa shape index (κ2) is 8.54. The number of nitrogens with zero attached hydrogens (tertiary/aromatic N) is 1. The van der Waals surface area contributed by atoms with E-state index in [4.69, 9.17) is 4.74 Å². The van der Waals surface area contributed by atoms with Crippen LogP contribution in [0.15, 0.2) is 72.8 Å². The number of ether oxygens (including phenoxy) is 1. The van der Waals surface area contributed by atoms with Crippen molar-refractivity contribution in [3.05, 3.63) is 101 Å². The lowest BCUT2D eigenvalue weighted by Gasteiger charge is -2.10. The zero-order valence-electron chi connectivity index (χ0n) is 17.2. The van der Waals surface area contributed by atoms with Crippen LogP contribution >= 0.6 is 0 Å². The fourth-order valence-electron chi connectivity index (χ4n) is 3.80. The van der Waals surface area contributed by atoms with Crippen molar-refractivity contribution in [1.82, 2.24) is 4.57 Å². The van der Waals surface area contributed by atoms with Crippen molar-refractivity contribution in [2.75, 3.05) is 6.61 Å². The first-order valence-corrected chi connectivity index (χ1v) is 10.2. The van der Waals surface area contributed by atoms with Crippen molar-refractivity contribution in [3.63, 3.8) is 0 Å². The summed E-state index contributed by atoms with van der Waals surface area (Å²) in [6.07, 6.45) is 1.55. The van der Waals surface area contributed by atoms with Crippen LogP contribution in [0.4, 0.5) is 4.39 Å². The molecule has 0 saturated heterocycles. The number of fused-ring (bicyclic) bond motifs is 1. The molecule has 1 heterocycles. The minimum absolute atomic E-state index is 0.0536. The molecule has 0 aliphatic heterocycles. The lowest BCUT2D eigenvalue weighted by molar-refractivity contribution is 0.0963. The number of rotatable bonds is 6. The van der Waals surface area contributed by atoms with Crippen molar-refractivity contribution >= 4 is 16.8 Å². The van der Waals surface area contributed by atoms with Gasteiger partial charge in [-0.2, -0.15) is 0 Å². The van der Waals surface area contributed by atoms with Crippen LogP contribution in [-0.4, -0.2) is 17.1 Å². The van der Waals surface area contributed by atoms with E-state index in [9.17, 15) is 9.18 Å². The molecule has 0 unspecified atom stereocenters. The molecule has 4 heteroatoms. The summed E-state index contributed by atoms with van der Waals surface area (Å²) in [5, 5.41) is 1.13. The van der Waals surface area contributed by atoms with E-state index in [0.29, 0.717) is 24.3 Å². The molecule has 0 spiro atoms. The van der Waals surface area contributed by atoms with Gasteiger partial charge < -0.3 is 4.74 Å². The summed E-state index contributed by atoms with van der Waals surface area (Å²) in [7, 11) is 0. The predicted molar refractivity (Wildman–Crippen MR) is 118 cm³/mol. The summed E-state index contributed by atoms with van der Waals surface area (Å²) >= 11 is 0. The van der Waals surface area contributed by atoms with E-state index in [1.165, 1.54) is 17.7 Å². The molecule has 0 amide bonds. The molecule has 0 aliphatic carbocycles. The summed E-state index contributed by atoms with van der Waals surface area (Å²) in [5.41, 5.74) is 4.60. The Kier molecular flexibility index (Phi) is 5.66. The van der Waals surface area contributed by atoms with E-state index in [1.807, 2.05) is 25.1 Å². The van der Waals surface area contributed by atoms with E-state index in [1.54, 1.807) is 34.9 Å². The zero-order chi connectivity index (χ0) is 21.1. The van der Waals surface area contributed by atoms with Crippen LogP contribution in [-0.2, 0) is 12.8 Å². The number of carbonyl (C=O) groups is 1. The maximum Gasteiger partial charge on any atom is 0.262 e. The van der Waals surface area contributed by atoms with Gasteiger partial charge in [-0.05, 0) is 73.0 Å². The standard InChI is InChI=1S/C26H24FNO2/c1-3-20-7-5-9-25-24(20)16-18(2)28(25)26(29)21-10-12-23(13-11-21)30-15-14-19-6-4-8-22(27)17-19/h4-13,16-17H,3,14-15H2,1-2H3. The molecular weight excluding hydrogens is 377 g/mol. The molecule has 152 valence electrons. The normalized spacial score (nSPS) is 11.0. The minimum atomic E-state index is -0.241. The summed E-state index contributed by atoms with van der Waals surface area (Å²) in [4.78, 5) is 13.2. The third-order valence-corrected chi connectivity index (χ3v) is 5.35. The zero-order valence-corrected chi connectivity index (χ0v) is 17.2. The van der Waals surface area contributed by atoms with Crippen LogP contribution in [0.5, 0.6) is 5.75 Å². The molecule has 0 saturated carbocycles. The molecule has 3 nitrogen and oxygen atoms in total. The molecular formula is C26H24FNO2. The van der Waals surface area contributed by atoms with Crippen molar-refractivity contribution in [1.29, 1.82) is 0 Å². The number of benzene rings is 3. The Morgan fingerprint density at radius 3 is 2.50 bits per heavy atom. The molecule has 0 fully saturated rings. The highest BCUT2D eigenvalue weighted by molar-refractivity contribution is 6.03. The predicted octanol–water partition coefficient (Wildman–Crippen LogP) is 5.96. The number of aryl methyl sites for hydroxylation is 2. The number of hydrogen-bond acceptors (Lipinski definition) is 2. The Bertz CT molecular complexity index is 1190.